The minimum atomic E-state index is -0.0653. The van der Waals surface area contributed by atoms with Crippen molar-refractivity contribution < 1.29 is 9.59 Å². The van der Waals surface area contributed by atoms with Crippen molar-refractivity contribution in [1.29, 1.82) is 0 Å². The Bertz CT molecular complexity index is 850. The molecule has 0 bridgehead atoms. The van der Waals surface area contributed by atoms with Gasteiger partial charge in [-0.15, -0.1) is 0 Å². The van der Waals surface area contributed by atoms with Gasteiger partial charge in [0, 0.05) is 49.9 Å². The molecular weight excluding hydrogens is 354 g/mol. The summed E-state index contributed by atoms with van der Waals surface area (Å²) in [6.07, 6.45) is 2.98. The summed E-state index contributed by atoms with van der Waals surface area (Å²) in [6, 6.07) is 11.1. The fraction of sp³-hybridized carbons (Fsp3) is 0.429. The highest BCUT2D eigenvalue weighted by Gasteiger charge is 2.56. The molecule has 1 atom stereocenters. The predicted molar refractivity (Wildman–Crippen MR) is 105 cm³/mol. The van der Waals surface area contributed by atoms with Gasteiger partial charge in [-0.2, -0.15) is 0 Å². The van der Waals surface area contributed by atoms with Crippen molar-refractivity contribution in [3.8, 4) is 0 Å². The Labute approximate surface area is 165 Å². The third-order valence-corrected chi connectivity index (χ3v) is 5.81. The fourth-order valence-electron chi connectivity index (χ4n) is 4.44. The second kappa shape index (κ2) is 7.31. The second-order valence-corrected chi connectivity index (χ2v) is 8.13. The number of likely N-dealkylation sites (tertiary alicyclic amines) is 2. The molecule has 4 rings (SSSR count). The summed E-state index contributed by atoms with van der Waals surface area (Å²) in [5, 5.41) is 0. The van der Waals surface area contributed by atoms with Gasteiger partial charge < -0.3 is 14.7 Å². The molecule has 2 amide bonds. The molecule has 1 spiro atoms. The molecule has 7 nitrogen and oxygen atoms in total. The highest BCUT2D eigenvalue weighted by molar-refractivity contribution is 5.95. The van der Waals surface area contributed by atoms with E-state index in [-0.39, 0.29) is 17.2 Å². The molecule has 0 aliphatic carbocycles. The highest BCUT2D eigenvalue weighted by Crippen LogP contribution is 2.45. The van der Waals surface area contributed by atoms with E-state index in [1.165, 1.54) is 6.33 Å². The average Bonchev–Trinajstić information content (AvgIpc) is 3.06. The van der Waals surface area contributed by atoms with Crippen molar-refractivity contribution in [2.75, 3.05) is 46.8 Å². The minimum absolute atomic E-state index is 0.0442. The quantitative estimate of drug-likeness (QED) is 0.800. The van der Waals surface area contributed by atoms with Crippen LogP contribution in [0.2, 0.25) is 0 Å². The van der Waals surface area contributed by atoms with Gasteiger partial charge in [0.2, 0.25) is 0 Å². The monoisotopic (exact) mass is 379 g/mol. The molecule has 1 aromatic carbocycles. The van der Waals surface area contributed by atoms with Crippen LogP contribution in [0.4, 0.5) is 0 Å². The van der Waals surface area contributed by atoms with Crippen LogP contribution in [-0.2, 0) is 0 Å². The van der Waals surface area contributed by atoms with Crippen LogP contribution < -0.4 is 0 Å². The van der Waals surface area contributed by atoms with Gasteiger partial charge in [-0.1, -0.05) is 18.2 Å². The molecule has 3 heterocycles. The van der Waals surface area contributed by atoms with Gasteiger partial charge in [-0.3, -0.25) is 9.59 Å². The molecule has 2 aliphatic rings. The highest BCUT2D eigenvalue weighted by atomic mass is 16.2. The summed E-state index contributed by atoms with van der Waals surface area (Å²) in [6.45, 7) is 3.63. The molecule has 7 heteroatoms. The van der Waals surface area contributed by atoms with Crippen molar-refractivity contribution >= 4 is 11.8 Å². The molecule has 146 valence electrons. The van der Waals surface area contributed by atoms with E-state index in [9.17, 15) is 9.59 Å². The maximum Gasteiger partial charge on any atom is 0.272 e. The normalized spacial score (nSPS) is 20.5. The lowest BCUT2D eigenvalue weighted by molar-refractivity contribution is -0.0151. The molecule has 0 radical (unpaired) electrons. The summed E-state index contributed by atoms with van der Waals surface area (Å²) in [7, 11) is 4.11. The zero-order valence-electron chi connectivity index (χ0n) is 16.3. The lowest BCUT2D eigenvalue weighted by Crippen LogP contribution is -2.63. The lowest BCUT2D eigenvalue weighted by Gasteiger charge is -2.51. The van der Waals surface area contributed by atoms with Crippen molar-refractivity contribution in [3.05, 3.63) is 60.2 Å². The Kier molecular flexibility index (Phi) is 4.85. The van der Waals surface area contributed by atoms with Crippen LogP contribution in [0.15, 0.2) is 48.9 Å². The average molecular weight is 379 g/mol. The lowest BCUT2D eigenvalue weighted by atomic mass is 9.71. The number of benzene rings is 1. The number of hydrogen-bond donors (Lipinski definition) is 0. The number of amides is 2. The first-order chi connectivity index (χ1) is 13.5. The maximum atomic E-state index is 13.0. The summed E-state index contributed by atoms with van der Waals surface area (Å²) in [5.41, 5.74) is 1.10. The van der Waals surface area contributed by atoms with Gasteiger partial charge in [0.1, 0.15) is 12.0 Å². The molecular formula is C21H25N5O2. The molecule has 2 aliphatic heterocycles. The van der Waals surface area contributed by atoms with Crippen LogP contribution in [0.25, 0.3) is 0 Å². The van der Waals surface area contributed by atoms with E-state index in [4.69, 9.17) is 0 Å². The second-order valence-electron chi connectivity index (χ2n) is 8.13. The molecule has 0 saturated carbocycles. The van der Waals surface area contributed by atoms with E-state index >= 15 is 0 Å². The predicted octanol–water partition coefficient (Wildman–Crippen LogP) is 1.25. The largest absolute Gasteiger partial charge is 0.338 e. The van der Waals surface area contributed by atoms with Gasteiger partial charge in [0.25, 0.3) is 11.8 Å². The van der Waals surface area contributed by atoms with Gasteiger partial charge >= 0.3 is 0 Å². The fourth-order valence-corrected chi connectivity index (χ4v) is 4.44. The van der Waals surface area contributed by atoms with Crippen molar-refractivity contribution in [2.24, 2.45) is 11.3 Å². The molecule has 28 heavy (non-hydrogen) atoms. The molecule has 2 fully saturated rings. The number of hydrogen-bond acceptors (Lipinski definition) is 5. The number of aromatic nitrogens is 2. The Hall–Kier alpha value is -2.80. The van der Waals surface area contributed by atoms with Crippen LogP contribution in [0.5, 0.6) is 0 Å². The Balaban J connectivity index is 1.49. The van der Waals surface area contributed by atoms with Gasteiger partial charge in [-0.05, 0) is 38.2 Å². The summed E-state index contributed by atoms with van der Waals surface area (Å²) >= 11 is 0. The summed E-state index contributed by atoms with van der Waals surface area (Å²) in [4.78, 5) is 39.5. The maximum absolute atomic E-state index is 13.0. The third kappa shape index (κ3) is 3.38. The zero-order valence-corrected chi connectivity index (χ0v) is 16.3. The zero-order chi connectivity index (χ0) is 19.7. The topological polar surface area (TPSA) is 69.6 Å². The first-order valence-corrected chi connectivity index (χ1v) is 9.53. The standard InChI is InChI=1S/C21H25N5O2/c1-24(2)10-17-11-25(19(27)16-6-4-3-5-7-16)12-21(17)13-26(14-21)20(28)18-8-9-22-15-23-18/h3-9,15,17H,10-14H2,1-2H3. The van der Waals surface area contributed by atoms with E-state index < -0.39 is 0 Å². The SMILES string of the molecule is CN(C)CC1CN(C(=O)c2ccccc2)CC12CN(C(=O)c1ccncn1)C2. The van der Waals surface area contributed by atoms with Gasteiger partial charge in [0.15, 0.2) is 0 Å². The van der Waals surface area contributed by atoms with Crippen LogP contribution in [0.1, 0.15) is 20.8 Å². The van der Waals surface area contributed by atoms with Crippen molar-refractivity contribution in [3.63, 3.8) is 0 Å². The molecule has 0 N–H and O–H groups in total. The van der Waals surface area contributed by atoms with Crippen LogP contribution >= 0.6 is 0 Å². The van der Waals surface area contributed by atoms with Crippen LogP contribution in [0.3, 0.4) is 0 Å². The Morgan fingerprint density at radius 1 is 1.07 bits per heavy atom. The van der Waals surface area contributed by atoms with Gasteiger partial charge in [-0.25, -0.2) is 9.97 Å². The Morgan fingerprint density at radius 3 is 2.43 bits per heavy atom. The summed E-state index contributed by atoms with van der Waals surface area (Å²) < 4.78 is 0. The van der Waals surface area contributed by atoms with Crippen LogP contribution in [-0.4, -0.2) is 83.3 Å². The van der Waals surface area contributed by atoms with Crippen molar-refractivity contribution in [2.45, 2.75) is 0 Å². The molecule has 1 unspecified atom stereocenters. The Morgan fingerprint density at radius 2 is 1.79 bits per heavy atom. The van der Waals surface area contributed by atoms with Crippen LogP contribution in [0, 0.1) is 11.3 Å². The first kappa shape index (κ1) is 18.6. The van der Waals surface area contributed by atoms with E-state index in [1.807, 2.05) is 40.1 Å². The number of carbonyl (C=O) groups is 2. The summed E-state index contributed by atoms with van der Waals surface area (Å²) in [5.74, 6) is 0.343. The number of rotatable bonds is 4. The van der Waals surface area contributed by atoms with Crippen molar-refractivity contribution in [1.82, 2.24) is 24.7 Å². The van der Waals surface area contributed by atoms with E-state index in [0.717, 1.165) is 18.7 Å². The number of carbonyl (C=O) groups excluding carboxylic acids is 2. The minimum Gasteiger partial charge on any atom is -0.338 e. The van der Waals surface area contributed by atoms with E-state index in [2.05, 4.69) is 29.0 Å². The smallest absolute Gasteiger partial charge is 0.272 e. The third-order valence-electron chi connectivity index (χ3n) is 5.81. The molecule has 2 saturated heterocycles. The molecule has 1 aromatic heterocycles. The van der Waals surface area contributed by atoms with E-state index in [0.29, 0.717) is 31.2 Å². The van der Waals surface area contributed by atoms with Gasteiger partial charge in [0.05, 0.1) is 0 Å². The molecule has 2 aromatic rings. The first-order valence-electron chi connectivity index (χ1n) is 9.53. The number of nitrogens with zero attached hydrogens (tertiary/aromatic N) is 5. The van der Waals surface area contributed by atoms with E-state index in [1.54, 1.807) is 12.3 Å².